The quantitative estimate of drug-likeness (QED) is 0.269. The van der Waals surface area contributed by atoms with E-state index in [-0.39, 0.29) is 25.0 Å². The lowest BCUT2D eigenvalue weighted by Gasteiger charge is -2.22. The number of furan rings is 1. The molecule has 1 aromatic carbocycles. The molecule has 9 heteroatoms. The number of aliphatic hydroxyl groups excluding tert-OH is 1. The molecule has 9 nitrogen and oxygen atoms in total. The first-order chi connectivity index (χ1) is 17.2. The molecule has 0 saturated carbocycles. The predicted octanol–water partition coefficient (Wildman–Crippen LogP) is 3.64. The third-order valence-electron chi connectivity index (χ3n) is 6.13. The Hall–Kier alpha value is -3.01. The molecule has 196 valence electrons. The van der Waals surface area contributed by atoms with Crippen molar-refractivity contribution < 1.29 is 23.8 Å². The van der Waals surface area contributed by atoms with Crippen molar-refractivity contribution in [1.82, 2.24) is 9.55 Å². The van der Waals surface area contributed by atoms with E-state index < -0.39 is 29.9 Å². The molecule has 3 aromatic rings. The minimum atomic E-state index is -0.939. The topological polar surface area (TPSA) is 130 Å². The van der Waals surface area contributed by atoms with Gasteiger partial charge in [-0.3, -0.25) is 9.36 Å². The van der Waals surface area contributed by atoms with Gasteiger partial charge in [0.05, 0.1) is 11.5 Å². The summed E-state index contributed by atoms with van der Waals surface area (Å²) in [6.45, 7) is 6.96. The highest BCUT2D eigenvalue weighted by atomic mass is 16.6. The van der Waals surface area contributed by atoms with Crippen LogP contribution in [0.5, 0.6) is 0 Å². The molecular weight excluding hydrogens is 462 g/mol. The Morgan fingerprint density at radius 1 is 1.19 bits per heavy atom. The van der Waals surface area contributed by atoms with Gasteiger partial charge in [0.15, 0.2) is 0 Å². The van der Waals surface area contributed by atoms with Crippen LogP contribution in [0.2, 0.25) is 0 Å². The largest absolute Gasteiger partial charge is 0.462 e. The average Bonchev–Trinajstić information content (AvgIpc) is 3.26. The van der Waals surface area contributed by atoms with Crippen molar-refractivity contribution in [3.63, 3.8) is 0 Å². The Morgan fingerprint density at radius 2 is 1.92 bits per heavy atom. The van der Waals surface area contributed by atoms with E-state index in [1.54, 1.807) is 6.20 Å². The van der Waals surface area contributed by atoms with Gasteiger partial charge in [-0.05, 0) is 37.3 Å². The van der Waals surface area contributed by atoms with Gasteiger partial charge in [0.1, 0.15) is 31.2 Å². The second kappa shape index (κ2) is 12.8. The molecule has 3 N–H and O–H groups in total. The summed E-state index contributed by atoms with van der Waals surface area (Å²) in [7, 11) is 0. The molecule has 2 aromatic heterocycles. The number of esters is 1. The molecule has 0 spiro atoms. The van der Waals surface area contributed by atoms with Gasteiger partial charge in [0, 0.05) is 11.8 Å². The third-order valence-corrected chi connectivity index (χ3v) is 6.13. The van der Waals surface area contributed by atoms with Crippen molar-refractivity contribution >= 4 is 17.1 Å². The highest BCUT2D eigenvalue weighted by Gasteiger charge is 2.23. The number of benzene rings is 1. The van der Waals surface area contributed by atoms with Crippen molar-refractivity contribution in [1.29, 1.82) is 0 Å². The summed E-state index contributed by atoms with van der Waals surface area (Å²) in [5, 5.41) is 10.7. The molecule has 3 atom stereocenters. The lowest BCUT2D eigenvalue weighted by atomic mass is 10.0. The fourth-order valence-corrected chi connectivity index (χ4v) is 3.63. The number of unbranched alkanes of at least 4 members (excludes halogenated alkanes) is 2. The van der Waals surface area contributed by atoms with Gasteiger partial charge >= 0.3 is 11.7 Å². The van der Waals surface area contributed by atoms with E-state index in [0.717, 1.165) is 12.0 Å². The average molecular weight is 500 g/mol. The van der Waals surface area contributed by atoms with Crippen molar-refractivity contribution in [2.45, 2.75) is 78.4 Å². The van der Waals surface area contributed by atoms with Gasteiger partial charge < -0.3 is 24.7 Å². The second-order valence-corrected chi connectivity index (χ2v) is 9.49. The molecule has 0 saturated heterocycles. The van der Waals surface area contributed by atoms with Crippen LogP contribution in [0.1, 0.15) is 52.5 Å². The number of rotatable bonds is 13. The van der Waals surface area contributed by atoms with Crippen LogP contribution in [0.4, 0.5) is 0 Å². The molecule has 0 bridgehead atoms. The van der Waals surface area contributed by atoms with Crippen molar-refractivity contribution in [2.75, 3.05) is 6.61 Å². The number of aliphatic hydroxyl groups is 1. The van der Waals surface area contributed by atoms with Crippen LogP contribution in [-0.4, -0.2) is 45.5 Å². The van der Waals surface area contributed by atoms with E-state index in [0.29, 0.717) is 11.1 Å². The van der Waals surface area contributed by atoms with Crippen LogP contribution in [0.3, 0.4) is 0 Å². The summed E-state index contributed by atoms with van der Waals surface area (Å²) in [6, 6.07) is 9.26. The normalized spacial score (nSPS) is 14.2. The lowest BCUT2D eigenvalue weighted by Crippen LogP contribution is -2.40. The van der Waals surface area contributed by atoms with Crippen LogP contribution in [0, 0.1) is 5.92 Å². The molecule has 0 fully saturated rings. The highest BCUT2D eigenvalue weighted by Crippen LogP contribution is 2.26. The first kappa shape index (κ1) is 27.6. The smallest absolute Gasteiger partial charge is 0.352 e. The van der Waals surface area contributed by atoms with Crippen LogP contribution >= 0.6 is 0 Å². The Balaban J connectivity index is 1.67. The Morgan fingerprint density at radius 3 is 2.56 bits per heavy atom. The van der Waals surface area contributed by atoms with Gasteiger partial charge in [-0.2, -0.15) is 4.98 Å². The molecule has 0 radical (unpaired) electrons. The number of nitrogens with zero attached hydrogens (tertiary/aromatic N) is 2. The number of fused-ring (bicyclic) bond motifs is 1. The van der Waals surface area contributed by atoms with Gasteiger partial charge in [-0.15, -0.1) is 0 Å². The van der Waals surface area contributed by atoms with Gasteiger partial charge in [-0.1, -0.05) is 57.9 Å². The number of ether oxygens (including phenoxy) is 2. The molecule has 3 unspecified atom stereocenters. The molecule has 0 aliphatic heterocycles. The zero-order valence-corrected chi connectivity index (χ0v) is 21.5. The highest BCUT2D eigenvalue weighted by molar-refractivity contribution is 5.79. The van der Waals surface area contributed by atoms with Crippen LogP contribution in [0.15, 0.2) is 45.7 Å². The zero-order valence-electron chi connectivity index (χ0n) is 21.5. The first-order valence-electron chi connectivity index (χ1n) is 12.5. The summed E-state index contributed by atoms with van der Waals surface area (Å²) in [4.78, 5) is 28.6. The molecule has 36 heavy (non-hydrogen) atoms. The molecule has 0 aliphatic carbocycles. The molecule has 2 heterocycles. The summed E-state index contributed by atoms with van der Waals surface area (Å²) in [6.07, 6.45) is 4.44. The Bertz CT molecular complexity index is 1180. The van der Waals surface area contributed by atoms with Gasteiger partial charge in [0.25, 0.3) is 0 Å². The monoisotopic (exact) mass is 499 g/mol. The summed E-state index contributed by atoms with van der Waals surface area (Å²) < 4.78 is 18.0. The molecule has 0 aliphatic rings. The van der Waals surface area contributed by atoms with E-state index >= 15 is 0 Å². The minimum absolute atomic E-state index is 0.0802. The fourth-order valence-electron chi connectivity index (χ4n) is 3.63. The minimum Gasteiger partial charge on any atom is -0.462 e. The maximum atomic E-state index is 12.5. The van der Waals surface area contributed by atoms with E-state index in [1.807, 2.05) is 32.0 Å². The van der Waals surface area contributed by atoms with E-state index in [9.17, 15) is 14.7 Å². The van der Waals surface area contributed by atoms with Crippen LogP contribution in [-0.2, 0) is 27.4 Å². The van der Waals surface area contributed by atoms with Crippen molar-refractivity contribution in [3.8, 4) is 11.3 Å². The van der Waals surface area contributed by atoms with Crippen molar-refractivity contribution in [2.24, 2.45) is 11.7 Å². The number of carbonyl (C=O) groups is 1. The molecular formula is C27H37N3O6. The zero-order chi connectivity index (χ0) is 26.2. The maximum absolute atomic E-state index is 12.5. The standard InChI is InChI=1S/C27H37N3O6/c1-5-6-7-8-19-9-11-20(12-10-19)22-13-21-14-30(27(33)29-25(21)36-22)16-35-23(18(4)31)15-34-26(32)24(28)17(2)3/h9-14,17-18,23-24,31H,5-8,15-16,28H2,1-4H3. The van der Waals surface area contributed by atoms with Crippen LogP contribution < -0.4 is 11.4 Å². The van der Waals surface area contributed by atoms with Gasteiger partial charge in [0.2, 0.25) is 5.71 Å². The van der Waals surface area contributed by atoms with Crippen molar-refractivity contribution in [3.05, 3.63) is 52.6 Å². The SMILES string of the molecule is CCCCCc1ccc(-c2cc3cn(COC(COC(=O)C(N)C(C)C)C(C)O)c(=O)nc3o2)cc1. The summed E-state index contributed by atoms with van der Waals surface area (Å²) >= 11 is 0. The van der Waals surface area contributed by atoms with E-state index in [2.05, 4.69) is 24.0 Å². The van der Waals surface area contributed by atoms with Crippen LogP contribution in [0.25, 0.3) is 22.4 Å². The first-order valence-corrected chi connectivity index (χ1v) is 12.5. The lowest BCUT2D eigenvalue weighted by molar-refractivity contribution is -0.156. The molecule has 0 amide bonds. The number of aryl methyl sites for hydroxylation is 1. The number of aromatic nitrogens is 2. The van der Waals surface area contributed by atoms with Gasteiger partial charge in [-0.25, -0.2) is 4.79 Å². The number of carbonyl (C=O) groups excluding carboxylic acids is 1. The maximum Gasteiger partial charge on any atom is 0.352 e. The number of hydrogen-bond acceptors (Lipinski definition) is 8. The van der Waals surface area contributed by atoms with E-state index in [1.165, 1.54) is 36.3 Å². The Labute approximate surface area is 211 Å². The third kappa shape index (κ3) is 7.25. The second-order valence-electron chi connectivity index (χ2n) is 9.49. The Kier molecular flexibility index (Phi) is 9.81. The van der Waals surface area contributed by atoms with E-state index in [4.69, 9.17) is 19.6 Å². The summed E-state index contributed by atoms with van der Waals surface area (Å²) in [5.74, 6) is -0.0336. The number of nitrogens with two attached hydrogens (primary N) is 1. The number of hydrogen-bond donors (Lipinski definition) is 2. The summed E-state index contributed by atoms with van der Waals surface area (Å²) in [5.41, 5.74) is 7.66. The fraction of sp³-hybridized carbons (Fsp3) is 0.519. The molecule has 3 rings (SSSR count). The predicted molar refractivity (Wildman–Crippen MR) is 137 cm³/mol.